The Kier molecular flexibility index (Phi) is 8.08. The van der Waals surface area contributed by atoms with Crippen LogP contribution in [0.1, 0.15) is 17.6 Å². The second kappa shape index (κ2) is 10.1. The van der Waals surface area contributed by atoms with Gasteiger partial charge < -0.3 is 14.4 Å². The van der Waals surface area contributed by atoms with E-state index in [2.05, 4.69) is 23.0 Å². The summed E-state index contributed by atoms with van der Waals surface area (Å²) in [5.41, 5.74) is 0. The van der Waals surface area contributed by atoms with Gasteiger partial charge in [0.15, 0.2) is 0 Å². The molecule has 0 aliphatic heterocycles. The second-order valence-electron chi connectivity index (χ2n) is 5.52. The average molecular weight is 384 g/mol. The molecular weight excluding hydrogens is 358 g/mol. The molecule has 25 heavy (non-hydrogen) atoms. The van der Waals surface area contributed by atoms with Gasteiger partial charge in [0.2, 0.25) is 5.91 Å². The number of fused-ring (bicyclic) bond motifs is 1. The summed E-state index contributed by atoms with van der Waals surface area (Å²) in [6.07, 6.45) is 0.977. The van der Waals surface area contributed by atoms with E-state index in [0.29, 0.717) is 32.1 Å². The fourth-order valence-corrected chi connectivity index (χ4v) is 4.34. The van der Waals surface area contributed by atoms with E-state index in [0.717, 1.165) is 27.5 Å². The molecule has 8 heteroatoms. The Bertz CT molecular complexity index is 698. The number of thiophene rings is 1. The highest BCUT2D eigenvalue weighted by Crippen LogP contribution is 2.31. The first kappa shape index (κ1) is 20.1. The SMILES string of the molecule is CCc1cc2c(SCC(=O)N(CCOC)CCOC)nc(C)nc2s1. The minimum absolute atomic E-state index is 0.0643. The van der Waals surface area contributed by atoms with E-state index >= 15 is 0 Å². The van der Waals surface area contributed by atoms with Crippen LogP contribution in [0.25, 0.3) is 10.2 Å². The lowest BCUT2D eigenvalue weighted by atomic mass is 10.3. The van der Waals surface area contributed by atoms with Gasteiger partial charge in [-0.05, 0) is 19.4 Å². The van der Waals surface area contributed by atoms with Crippen molar-refractivity contribution in [3.05, 3.63) is 16.8 Å². The lowest BCUT2D eigenvalue weighted by Crippen LogP contribution is -2.37. The first-order valence-electron chi connectivity index (χ1n) is 8.24. The first-order chi connectivity index (χ1) is 12.1. The number of aryl methyl sites for hydroxylation is 2. The van der Waals surface area contributed by atoms with E-state index in [4.69, 9.17) is 9.47 Å². The molecular formula is C17H25N3O3S2. The van der Waals surface area contributed by atoms with Gasteiger partial charge in [-0.3, -0.25) is 4.79 Å². The van der Waals surface area contributed by atoms with Crippen LogP contribution in [-0.2, 0) is 20.7 Å². The third-order valence-corrected chi connectivity index (χ3v) is 5.83. The van der Waals surface area contributed by atoms with Crippen LogP contribution in [0.15, 0.2) is 11.1 Å². The van der Waals surface area contributed by atoms with Crippen molar-refractivity contribution in [3.8, 4) is 0 Å². The van der Waals surface area contributed by atoms with Crippen molar-refractivity contribution in [2.45, 2.75) is 25.3 Å². The molecule has 0 atom stereocenters. The number of rotatable bonds is 10. The van der Waals surface area contributed by atoms with Gasteiger partial charge in [0.1, 0.15) is 15.7 Å². The molecule has 2 aromatic rings. The number of amides is 1. The minimum atomic E-state index is 0.0643. The maximum absolute atomic E-state index is 12.6. The van der Waals surface area contributed by atoms with Gasteiger partial charge in [-0.15, -0.1) is 11.3 Å². The predicted octanol–water partition coefficient (Wildman–Crippen LogP) is 2.78. The number of hydrogen-bond donors (Lipinski definition) is 0. The van der Waals surface area contributed by atoms with Crippen LogP contribution >= 0.6 is 23.1 Å². The van der Waals surface area contributed by atoms with Gasteiger partial charge in [0.25, 0.3) is 0 Å². The summed E-state index contributed by atoms with van der Waals surface area (Å²) < 4.78 is 10.2. The third-order valence-electron chi connectivity index (χ3n) is 3.68. The van der Waals surface area contributed by atoms with Crippen molar-refractivity contribution in [2.24, 2.45) is 0 Å². The Labute approximate surface area is 156 Å². The number of nitrogens with zero attached hydrogens (tertiary/aromatic N) is 3. The highest BCUT2D eigenvalue weighted by Gasteiger charge is 2.16. The van der Waals surface area contributed by atoms with Crippen LogP contribution in [0.4, 0.5) is 0 Å². The molecule has 0 fully saturated rings. The fraction of sp³-hybridized carbons (Fsp3) is 0.588. The fourth-order valence-electron chi connectivity index (χ4n) is 2.32. The van der Waals surface area contributed by atoms with E-state index in [1.165, 1.54) is 16.6 Å². The molecule has 1 amide bonds. The minimum Gasteiger partial charge on any atom is -0.383 e. The van der Waals surface area contributed by atoms with Gasteiger partial charge in [0.05, 0.1) is 19.0 Å². The summed E-state index contributed by atoms with van der Waals surface area (Å²) in [5.74, 6) is 1.15. The summed E-state index contributed by atoms with van der Waals surface area (Å²) in [4.78, 5) is 25.7. The van der Waals surface area contributed by atoms with E-state index in [1.54, 1.807) is 30.5 Å². The molecule has 0 aliphatic carbocycles. The molecule has 6 nitrogen and oxygen atoms in total. The number of methoxy groups -OCH3 is 2. The number of aromatic nitrogens is 2. The van der Waals surface area contributed by atoms with Crippen LogP contribution in [-0.4, -0.2) is 67.1 Å². The van der Waals surface area contributed by atoms with Gasteiger partial charge >= 0.3 is 0 Å². The van der Waals surface area contributed by atoms with Gasteiger partial charge in [-0.25, -0.2) is 9.97 Å². The number of thioether (sulfide) groups is 1. The molecule has 0 aromatic carbocycles. The van der Waals surface area contributed by atoms with Crippen LogP contribution in [0, 0.1) is 6.92 Å². The monoisotopic (exact) mass is 383 g/mol. The van der Waals surface area contributed by atoms with Crippen LogP contribution in [0.5, 0.6) is 0 Å². The molecule has 2 aromatic heterocycles. The van der Waals surface area contributed by atoms with Crippen LogP contribution in [0.3, 0.4) is 0 Å². The highest BCUT2D eigenvalue weighted by atomic mass is 32.2. The normalized spacial score (nSPS) is 11.2. The van der Waals surface area contributed by atoms with Crippen molar-refractivity contribution >= 4 is 39.2 Å². The quantitative estimate of drug-likeness (QED) is 0.464. The molecule has 0 aliphatic rings. The molecule has 0 bridgehead atoms. The molecule has 2 heterocycles. The molecule has 0 saturated carbocycles. The summed E-state index contributed by atoms with van der Waals surface area (Å²) >= 11 is 3.17. The summed E-state index contributed by atoms with van der Waals surface area (Å²) in [7, 11) is 3.27. The molecule has 0 saturated heterocycles. The van der Waals surface area contributed by atoms with Crippen molar-refractivity contribution in [1.29, 1.82) is 0 Å². The Morgan fingerprint density at radius 2 is 1.92 bits per heavy atom. The Balaban J connectivity index is 2.09. The van der Waals surface area contributed by atoms with Gasteiger partial charge in [-0.2, -0.15) is 0 Å². The van der Waals surface area contributed by atoms with Crippen molar-refractivity contribution < 1.29 is 14.3 Å². The van der Waals surface area contributed by atoms with E-state index < -0.39 is 0 Å². The molecule has 0 unspecified atom stereocenters. The third kappa shape index (κ3) is 5.64. The zero-order valence-electron chi connectivity index (χ0n) is 15.2. The smallest absolute Gasteiger partial charge is 0.233 e. The number of carbonyl (C=O) groups is 1. The molecule has 138 valence electrons. The molecule has 0 N–H and O–H groups in total. The predicted molar refractivity (Wildman–Crippen MR) is 103 cm³/mol. The van der Waals surface area contributed by atoms with E-state index in [9.17, 15) is 4.79 Å². The molecule has 0 radical (unpaired) electrons. The Morgan fingerprint density at radius 3 is 2.52 bits per heavy atom. The second-order valence-corrected chi connectivity index (χ2v) is 7.60. The Morgan fingerprint density at radius 1 is 1.24 bits per heavy atom. The zero-order chi connectivity index (χ0) is 18.2. The topological polar surface area (TPSA) is 64.6 Å². The van der Waals surface area contributed by atoms with Gasteiger partial charge in [0, 0.05) is 37.6 Å². The number of ether oxygens (including phenoxy) is 2. The van der Waals surface area contributed by atoms with Crippen molar-refractivity contribution in [2.75, 3.05) is 46.3 Å². The Hall–Kier alpha value is -1.22. The first-order valence-corrected chi connectivity index (χ1v) is 10.0. The van der Waals surface area contributed by atoms with Crippen LogP contribution < -0.4 is 0 Å². The standard InChI is InChI=1S/C17H25N3O3S2/c1-5-13-10-14-16(18-12(2)19-17(14)25-13)24-11-15(21)20(6-8-22-3)7-9-23-4/h10H,5-9,11H2,1-4H3. The number of carbonyl (C=O) groups excluding carboxylic acids is 1. The largest absolute Gasteiger partial charge is 0.383 e. The maximum atomic E-state index is 12.6. The summed E-state index contributed by atoms with van der Waals surface area (Å²) in [6.45, 7) is 6.18. The lowest BCUT2D eigenvalue weighted by molar-refractivity contribution is -0.129. The van der Waals surface area contributed by atoms with Crippen LogP contribution in [0.2, 0.25) is 0 Å². The summed E-state index contributed by atoms with van der Waals surface area (Å²) in [5, 5.41) is 1.93. The molecule has 0 spiro atoms. The summed E-state index contributed by atoms with van der Waals surface area (Å²) in [6, 6.07) is 2.14. The number of hydrogen-bond acceptors (Lipinski definition) is 7. The van der Waals surface area contributed by atoms with E-state index in [-0.39, 0.29) is 5.91 Å². The van der Waals surface area contributed by atoms with Crippen molar-refractivity contribution in [3.63, 3.8) is 0 Å². The van der Waals surface area contributed by atoms with Crippen molar-refractivity contribution in [1.82, 2.24) is 14.9 Å². The van der Waals surface area contributed by atoms with Gasteiger partial charge in [-0.1, -0.05) is 18.7 Å². The highest BCUT2D eigenvalue weighted by molar-refractivity contribution is 8.00. The average Bonchev–Trinajstić information content (AvgIpc) is 3.02. The zero-order valence-corrected chi connectivity index (χ0v) is 16.8. The molecule has 2 rings (SSSR count). The maximum Gasteiger partial charge on any atom is 0.233 e. The van der Waals surface area contributed by atoms with E-state index in [1.807, 2.05) is 6.92 Å². The lowest BCUT2D eigenvalue weighted by Gasteiger charge is -2.21.